The first-order chi connectivity index (χ1) is 9.33. The zero-order valence-electron chi connectivity index (χ0n) is 11.1. The zero-order chi connectivity index (χ0) is 13.5. The molecule has 0 saturated carbocycles. The summed E-state index contributed by atoms with van der Waals surface area (Å²) in [5.41, 5.74) is 1.16. The van der Waals surface area contributed by atoms with E-state index in [2.05, 4.69) is 21.4 Å². The molecule has 0 atom stereocenters. The number of hydrogen-bond donors (Lipinski definition) is 1. The van der Waals surface area contributed by atoms with Gasteiger partial charge in [0, 0.05) is 6.54 Å². The Morgan fingerprint density at radius 1 is 1.05 bits per heavy atom. The highest BCUT2D eigenvalue weighted by Crippen LogP contribution is 2.17. The van der Waals surface area contributed by atoms with Gasteiger partial charge in [-0.2, -0.15) is 0 Å². The molecule has 0 radical (unpaired) electrons. The minimum Gasteiger partial charge on any atom is -0.496 e. The molecule has 1 aromatic carbocycles. The third-order valence-electron chi connectivity index (χ3n) is 2.73. The van der Waals surface area contributed by atoms with Gasteiger partial charge in [-0.05, 0) is 18.1 Å². The van der Waals surface area contributed by atoms with E-state index in [1.807, 2.05) is 18.2 Å². The number of ether oxygens (including phenoxy) is 2. The van der Waals surface area contributed by atoms with Gasteiger partial charge in [0.1, 0.15) is 5.75 Å². The van der Waals surface area contributed by atoms with Crippen molar-refractivity contribution in [1.82, 2.24) is 9.97 Å². The van der Waals surface area contributed by atoms with E-state index in [0.29, 0.717) is 11.7 Å². The second kappa shape index (κ2) is 6.58. The van der Waals surface area contributed by atoms with Crippen molar-refractivity contribution in [3.8, 4) is 11.5 Å². The van der Waals surface area contributed by atoms with E-state index in [-0.39, 0.29) is 0 Å². The number of rotatable bonds is 6. The molecule has 0 aliphatic rings. The van der Waals surface area contributed by atoms with Gasteiger partial charge in [0.25, 0.3) is 0 Å². The van der Waals surface area contributed by atoms with E-state index < -0.39 is 0 Å². The molecular formula is C14H17N3O2. The molecule has 1 N–H and O–H groups in total. The van der Waals surface area contributed by atoms with Gasteiger partial charge in [0.05, 0.1) is 26.6 Å². The van der Waals surface area contributed by atoms with Crippen molar-refractivity contribution >= 4 is 5.95 Å². The van der Waals surface area contributed by atoms with E-state index in [9.17, 15) is 0 Å². The molecule has 19 heavy (non-hydrogen) atoms. The maximum absolute atomic E-state index is 5.30. The van der Waals surface area contributed by atoms with Gasteiger partial charge >= 0.3 is 0 Å². The Hall–Kier alpha value is -2.30. The van der Waals surface area contributed by atoms with Crippen molar-refractivity contribution in [3.63, 3.8) is 0 Å². The summed E-state index contributed by atoms with van der Waals surface area (Å²) in [5.74, 6) is 2.14. The number of benzene rings is 1. The van der Waals surface area contributed by atoms with Crippen LogP contribution in [0.2, 0.25) is 0 Å². The molecule has 5 nitrogen and oxygen atoms in total. The molecule has 0 unspecified atom stereocenters. The predicted molar refractivity (Wildman–Crippen MR) is 73.8 cm³/mol. The van der Waals surface area contributed by atoms with Gasteiger partial charge in [-0.15, -0.1) is 0 Å². The molecule has 0 saturated heterocycles. The molecule has 0 aliphatic carbocycles. The van der Waals surface area contributed by atoms with E-state index >= 15 is 0 Å². The van der Waals surface area contributed by atoms with Crippen molar-refractivity contribution in [2.24, 2.45) is 0 Å². The van der Waals surface area contributed by atoms with Crippen LogP contribution in [-0.2, 0) is 6.42 Å². The summed E-state index contributed by atoms with van der Waals surface area (Å²) < 4.78 is 10.3. The summed E-state index contributed by atoms with van der Waals surface area (Å²) in [6, 6.07) is 7.97. The Morgan fingerprint density at radius 2 is 1.79 bits per heavy atom. The van der Waals surface area contributed by atoms with E-state index in [1.165, 1.54) is 0 Å². The summed E-state index contributed by atoms with van der Waals surface area (Å²) in [5, 5.41) is 3.16. The quantitative estimate of drug-likeness (QED) is 0.861. The van der Waals surface area contributed by atoms with Crippen molar-refractivity contribution in [3.05, 3.63) is 42.2 Å². The summed E-state index contributed by atoms with van der Waals surface area (Å²) in [4.78, 5) is 8.29. The molecule has 100 valence electrons. The normalized spacial score (nSPS) is 10.0. The van der Waals surface area contributed by atoms with Crippen LogP contribution in [0, 0.1) is 0 Å². The van der Waals surface area contributed by atoms with Crippen LogP contribution < -0.4 is 14.8 Å². The Balaban J connectivity index is 1.88. The first kappa shape index (κ1) is 13.1. The minimum absolute atomic E-state index is 0.593. The zero-order valence-corrected chi connectivity index (χ0v) is 11.1. The molecule has 1 aromatic heterocycles. The third kappa shape index (κ3) is 3.58. The Labute approximate surface area is 112 Å². The van der Waals surface area contributed by atoms with E-state index in [1.54, 1.807) is 26.6 Å². The van der Waals surface area contributed by atoms with Gasteiger partial charge < -0.3 is 14.8 Å². The molecule has 2 rings (SSSR count). The van der Waals surface area contributed by atoms with E-state index in [4.69, 9.17) is 9.47 Å². The highest BCUT2D eigenvalue weighted by molar-refractivity contribution is 5.34. The lowest BCUT2D eigenvalue weighted by Crippen LogP contribution is -2.08. The van der Waals surface area contributed by atoms with Gasteiger partial charge in [-0.1, -0.05) is 18.2 Å². The number of nitrogens with zero attached hydrogens (tertiary/aromatic N) is 2. The summed E-state index contributed by atoms with van der Waals surface area (Å²) in [6.07, 6.45) is 4.12. The molecule has 0 amide bonds. The van der Waals surface area contributed by atoms with Crippen LogP contribution in [0.15, 0.2) is 36.7 Å². The monoisotopic (exact) mass is 259 g/mol. The van der Waals surface area contributed by atoms with Crippen LogP contribution in [-0.4, -0.2) is 30.7 Å². The van der Waals surface area contributed by atoms with Crippen molar-refractivity contribution in [2.45, 2.75) is 6.42 Å². The Morgan fingerprint density at radius 3 is 2.47 bits per heavy atom. The second-order valence-corrected chi connectivity index (χ2v) is 3.94. The first-order valence-electron chi connectivity index (χ1n) is 6.05. The summed E-state index contributed by atoms with van der Waals surface area (Å²) in [6.45, 7) is 0.743. The fourth-order valence-corrected chi connectivity index (χ4v) is 1.73. The van der Waals surface area contributed by atoms with Crippen LogP contribution >= 0.6 is 0 Å². The van der Waals surface area contributed by atoms with E-state index in [0.717, 1.165) is 24.3 Å². The molecule has 0 bridgehead atoms. The number of para-hydroxylation sites is 1. The summed E-state index contributed by atoms with van der Waals surface area (Å²) >= 11 is 0. The van der Waals surface area contributed by atoms with Crippen LogP contribution in [0.25, 0.3) is 0 Å². The number of nitrogens with one attached hydrogen (secondary N) is 1. The van der Waals surface area contributed by atoms with Crippen LogP contribution in [0.3, 0.4) is 0 Å². The van der Waals surface area contributed by atoms with Crippen LogP contribution in [0.1, 0.15) is 5.56 Å². The molecule has 0 aliphatic heterocycles. The molecule has 0 fully saturated rings. The van der Waals surface area contributed by atoms with Gasteiger partial charge in [-0.25, -0.2) is 9.97 Å². The molecule has 1 heterocycles. The lowest BCUT2D eigenvalue weighted by atomic mass is 10.1. The maximum Gasteiger partial charge on any atom is 0.222 e. The van der Waals surface area contributed by atoms with Gasteiger partial charge in [0.15, 0.2) is 5.75 Å². The highest BCUT2D eigenvalue weighted by atomic mass is 16.5. The Kier molecular flexibility index (Phi) is 4.55. The first-order valence-corrected chi connectivity index (χ1v) is 6.05. The average molecular weight is 259 g/mol. The largest absolute Gasteiger partial charge is 0.496 e. The lowest BCUT2D eigenvalue weighted by molar-refractivity contribution is 0.410. The minimum atomic E-state index is 0.593. The number of aromatic nitrogens is 2. The SMILES string of the molecule is COc1cnc(NCCc2ccccc2OC)nc1. The lowest BCUT2D eigenvalue weighted by Gasteiger charge is -2.09. The van der Waals surface area contributed by atoms with Gasteiger partial charge in [-0.3, -0.25) is 0 Å². The number of hydrogen-bond acceptors (Lipinski definition) is 5. The molecule has 0 spiro atoms. The standard InChI is InChI=1S/C14H17N3O2/c1-18-12-9-16-14(17-10-12)15-8-7-11-5-3-4-6-13(11)19-2/h3-6,9-10H,7-8H2,1-2H3,(H,15,16,17). The molecule has 2 aromatic rings. The number of anilines is 1. The van der Waals surface area contributed by atoms with Crippen molar-refractivity contribution < 1.29 is 9.47 Å². The molecule has 5 heteroatoms. The highest BCUT2D eigenvalue weighted by Gasteiger charge is 2.02. The second-order valence-electron chi connectivity index (χ2n) is 3.94. The smallest absolute Gasteiger partial charge is 0.222 e. The Bertz CT molecular complexity index is 514. The average Bonchev–Trinajstić information content (AvgIpc) is 2.48. The topological polar surface area (TPSA) is 56.3 Å². The van der Waals surface area contributed by atoms with Crippen LogP contribution in [0.4, 0.5) is 5.95 Å². The fourth-order valence-electron chi connectivity index (χ4n) is 1.73. The van der Waals surface area contributed by atoms with Gasteiger partial charge in [0.2, 0.25) is 5.95 Å². The molecular weight excluding hydrogens is 242 g/mol. The maximum atomic E-state index is 5.30. The summed E-state index contributed by atoms with van der Waals surface area (Å²) in [7, 11) is 3.27. The fraction of sp³-hybridized carbons (Fsp3) is 0.286. The predicted octanol–water partition coefficient (Wildman–Crippen LogP) is 2.15. The third-order valence-corrected chi connectivity index (χ3v) is 2.73. The van der Waals surface area contributed by atoms with Crippen molar-refractivity contribution in [1.29, 1.82) is 0 Å². The van der Waals surface area contributed by atoms with Crippen LogP contribution in [0.5, 0.6) is 11.5 Å². The van der Waals surface area contributed by atoms with Crippen molar-refractivity contribution in [2.75, 3.05) is 26.1 Å². The number of methoxy groups -OCH3 is 2.